The molecule has 0 heterocycles. The number of benzene rings is 1. The van der Waals surface area contributed by atoms with Crippen LogP contribution < -0.4 is 0 Å². The third-order valence-electron chi connectivity index (χ3n) is 16.0. The molecule has 0 amide bonds. The van der Waals surface area contributed by atoms with Crippen molar-refractivity contribution in [1.29, 1.82) is 0 Å². The van der Waals surface area contributed by atoms with E-state index in [-0.39, 0.29) is 45.2 Å². The smallest absolute Gasteiger partial charge is 0.336 e. The quantitative estimate of drug-likeness (QED) is 0.176. The number of ether oxygens (including phenoxy) is 1. The number of aliphatic carboxylic acids is 1. The fourth-order valence-electron chi connectivity index (χ4n) is 13.2. The first-order valence-corrected chi connectivity index (χ1v) is 19.2. The molecule has 5 aliphatic carbocycles. The summed E-state index contributed by atoms with van der Waals surface area (Å²) in [5.74, 6) is 7.23. The maximum absolute atomic E-state index is 13.1. The van der Waals surface area contributed by atoms with Gasteiger partial charge in [-0.05, 0) is 143 Å². The van der Waals surface area contributed by atoms with Crippen LogP contribution in [0.15, 0.2) is 36.4 Å². The maximum Gasteiger partial charge on any atom is 0.336 e. The van der Waals surface area contributed by atoms with E-state index in [0.717, 1.165) is 51.4 Å². The van der Waals surface area contributed by atoms with E-state index in [1.807, 2.05) is 12.1 Å². The summed E-state index contributed by atoms with van der Waals surface area (Å²) in [5, 5.41) is 19.5. The van der Waals surface area contributed by atoms with Gasteiger partial charge < -0.3 is 14.9 Å². The number of carboxylic acid groups (broad SMARTS) is 2. The normalized spacial score (nSPS) is 40.1. The molecule has 0 spiro atoms. The first kappa shape index (κ1) is 36.7. The van der Waals surface area contributed by atoms with Crippen molar-refractivity contribution in [2.24, 2.45) is 62.1 Å². The Morgan fingerprint density at radius 1 is 0.880 bits per heavy atom. The van der Waals surface area contributed by atoms with Gasteiger partial charge in [0.2, 0.25) is 0 Å². The van der Waals surface area contributed by atoms with Gasteiger partial charge in [0.25, 0.3) is 0 Å². The zero-order valence-corrected chi connectivity index (χ0v) is 31.8. The minimum Gasteiger partial charge on any atom is -0.481 e. The van der Waals surface area contributed by atoms with Gasteiger partial charge in [0, 0.05) is 16.4 Å². The Morgan fingerprint density at radius 2 is 1.58 bits per heavy atom. The number of carbonyl (C=O) groups excluding carboxylic acids is 1. The number of rotatable bonds is 6. The molecule has 0 saturated heterocycles. The van der Waals surface area contributed by atoms with Crippen molar-refractivity contribution in [2.75, 3.05) is 0 Å². The van der Waals surface area contributed by atoms with Crippen LogP contribution in [0.4, 0.5) is 0 Å². The van der Waals surface area contributed by atoms with Crippen molar-refractivity contribution < 1.29 is 29.3 Å². The summed E-state index contributed by atoms with van der Waals surface area (Å²) >= 11 is 0. The average molecular weight is 685 g/mol. The standard InChI is InChI=1S/C44H60O6/c1-27(2)29-17-23-44(22-16-28-12-10-11-13-30(28)37(46)47)25-24-42(8)31(36(29)44)14-15-33-41(7)20-19-34(50-35(45)26-39(3,4)38(48)49)40(5,6)32(41)18-21-43(33,42)9/h10-13,29,31-34,36H,1,14-15,17-21,23-26H2,2-9H3,(H,46,47)(H,48,49)/t29?,31?,32?,33?,34?,36?,41?,42-,43?,44?/m1/s1. The zero-order chi connectivity index (χ0) is 36.7. The van der Waals surface area contributed by atoms with E-state index in [1.54, 1.807) is 26.0 Å². The summed E-state index contributed by atoms with van der Waals surface area (Å²) in [4.78, 5) is 36.8. The molecule has 0 aromatic heterocycles. The lowest BCUT2D eigenvalue weighted by Crippen LogP contribution is -2.66. The Bertz CT molecular complexity index is 1640. The molecule has 0 aliphatic heterocycles. The summed E-state index contributed by atoms with van der Waals surface area (Å²) in [6.45, 7) is 22.2. The lowest BCUT2D eigenvalue weighted by Gasteiger charge is -2.72. The van der Waals surface area contributed by atoms with Gasteiger partial charge in [-0.2, -0.15) is 0 Å². The van der Waals surface area contributed by atoms with Crippen LogP contribution in [0.3, 0.4) is 0 Å². The molecule has 0 bridgehead atoms. The SMILES string of the molecule is C=C(C)C1CCC2(C#Cc3ccccc3C(=O)O)CC[C@]3(C)C(CCC4C5(C)CCC(OC(=O)CC(C)(C)C(=O)O)C(C)(C)C5CCC43C)C12. The van der Waals surface area contributed by atoms with Gasteiger partial charge in [-0.1, -0.05) is 70.7 Å². The molecule has 10 atom stereocenters. The molecule has 9 unspecified atom stereocenters. The van der Waals surface area contributed by atoms with Crippen LogP contribution in [0.5, 0.6) is 0 Å². The zero-order valence-electron chi connectivity index (χ0n) is 31.8. The van der Waals surface area contributed by atoms with E-state index in [1.165, 1.54) is 18.4 Å². The van der Waals surface area contributed by atoms with E-state index in [4.69, 9.17) is 4.74 Å². The van der Waals surface area contributed by atoms with Gasteiger partial charge in [-0.15, -0.1) is 0 Å². The number of carboxylic acids is 2. The number of fused-ring (bicyclic) bond motifs is 7. The van der Waals surface area contributed by atoms with Crippen molar-refractivity contribution >= 4 is 17.9 Å². The highest BCUT2D eigenvalue weighted by Crippen LogP contribution is 2.77. The summed E-state index contributed by atoms with van der Waals surface area (Å²) < 4.78 is 6.17. The molecular formula is C44H60O6. The van der Waals surface area contributed by atoms with Crippen LogP contribution in [-0.4, -0.2) is 34.2 Å². The van der Waals surface area contributed by atoms with Crippen molar-refractivity contribution in [2.45, 2.75) is 132 Å². The van der Waals surface area contributed by atoms with Crippen LogP contribution in [0.1, 0.15) is 142 Å². The van der Waals surface area contributed by atoms with E-state index >= 15 is 0 Å². The molecule has 50 heavy (non-hydrogen) atoms. The highest BCUT2D eigenvalue weighted by molar-refractivity contribution is 5.90. The fourth-order valence-corrected chi connectivity index (χ4v) is 13.2. The first-order chi connectivity index (χ1) is 23.2. The number of esters is 1. The van der Waals surface area contributed by atoms with Crippen LogP contribution in [0, 0.1) is 73.9 Å². The second kappa shape index (κ2) is 12.3. The minimum absolute atomic E-state index is 0.117. The van der Waals surface area contributed by atoms with Crippen molar-refractivity contribution in [1.82, 2.24) is 0 Å². The van der Waals surface area contributed by atoms with Crippen LogP contribution in [-0.2, 0) is 14.3 Å². The van der Waals surface area contributed by atoms with E-state index in [2.05, 4.69) is 60.0 Å². The summed E-state index contributed by atoms with van der Waals surface area (Å²) in [5.41, 5.74) is 1.06. The van der Waals surface area contributed by atoms with Gasteiger partial charge in [0.1, 0.15) is 6.10 Å². The largest absolute Gasteiger partial charge is 0.481 e. The highest BCUT2D eigenvalue weighted by atomic mass is 16.5. The van der Waals surface area contributed by atoms with E-state index in [0.29, 0.717) is 35.2 Å². The molecule has 1 aromatic rings. The Hall–Kier alpha value is -3.07. The summed E-state index contributed by atoms with van der Waals surface area (Å²) in [6.07, 6.45) is 10.4. The molecule has 6 nitrogen and oxygen atoms in total. The van der Waals surface area contributed by atoms with Crippen molar-refractivity contribution in [3.05, 3.63) is 47.5 Å². The fraction of sp³-hybridized carbons (Fsp3) is 0.705. The predicted molar refractivity (Wildman–Crippen MR) is 195 cm³/mol. The molecule has 5 fully saturated rings. The summed E-state index contributed by atoms with van der Waals surface area (Å²) in [6, 6.07) is 7.15. The molecule has 6 heteroatoms. The Morgan fingerprint density at radius 3 is 2.24 bits per heavy atom. The monoisotopic (exact) mass is 684 g/mol. The Kier molecular flexibility index (Phi) is 9.01. The Balaban J connectivity index is 1.29. The van der Waals surface area contributed by atoms with Gasteiger partial charge in [-0.3, -0.25) is 9.59 Å². The molecule has 2 N–H and O–H groups in total. The molecule has 272 valence electrons. The van der Waals surface area contributed by atoms with Crippen molar-refractivity contribution in [3.8, 4) is 11.8 Å². The first-order valence-electron chi connectivity index (χ1n) is 19.2. The third kappa shape index (κ3) is 5.47. The van der Waals surface area contributed by atoms with Gasteiger partial charge in [0.15, 0.2) is 0 Å². The lowest BCUT2D eigenvalue weighted by molar-refractivity contribution is -0.247. The molecule has 6 rings (SSSR count). The lowest BCUT2D eigenvalue weighted by atomic mass is 9.32. The van der Waals surface area contributed by atoms with Gasteiger partial charge in [-0.25, -0.2) is 4.79 Å². The van der Waals surface area contributed by atoms with Gasteiger partial charge >= 0.3 is 17.9 Å². The number of allylic oxidation sites excluding steroid dienone is 1. The number of aromatic carboxylic acids is 1. The van der Waals surface area contributed by atoms with Crippen LogP contribution in [0.25, 0.3) is 0 Å². The number of hydrogen-bond donors (Lipinski definition) is 2. The topological polar surface area (TPSA) is 101 Å². The van der Waals surface area contributed by atoms with E-state index in [9.17, 15) is 24.6 Å². The molecule has 5 saturated carbocycles. The highest BCUT2D eigenvalue weighted by Gasteiger charge is 2.71. The Labute approximate surface area is 300 Å². The third-order valence-corrected chi connectivity index (χ3v) is 16.0. The molecule has 1 aromatic carbocycles. The molecule has 0 radical (unpaired) electrons. The number of carbonyl (C=O) groups is 3. The van der Waals surface area contributed by atoms with Crippen LogP contribution in [0.2, 0.25) is 0 Å². The van der Waals surface area contributed by atoms with E-state index < -0.39 is 23.3 Å². The van der Waals surface area contributed by atoms with Crippen LogP contribution >= 0.6 is 0 Å². The second-order valence-corrected chi connectivity index (χ2v) is 19.1. The molecule has 5 aliphatic rings. The average Bonchev–Trinajstić information content (AvgIpc) is 3.42. The van der Waals surface area contributed by atoms with Crippen molar-refractivity contribution in [3.63, 3.8) is 0 Å². The minimum atomic E-state index is -1.15. The maximum atomic E-state index is 13.1. The predicted octanol–water partition coefficient (Wildman–Crippen LogP) is 9.81. The molecular weight excluding hydrogens is 624 g/mol. The summed E-state index contributed by atoms with van der Waals surface area (Å²) in [7, 11) is 0. The van der Waals surface area contributed by atoms with Gasteiger partial charge in [0.05, 0.1) is 17.4 Å². The second-order valence-electron chi connectivity index (χ2n) is 19.1. The number of hydrogen-bond acceptors (Lipinski definition) is 4.